The summed E-state index contributed by atoms with van der Waals surface area (Å²) in [5.74, 6) is 2.71. The SMILES string of the molecule is CC(C#N)Oc1ccc(Oc2ccc(C(C)C)cc2)cc1. The Balaban J connectivity index is 2.01. The molecule has 0 spiro atoms. The summed E-state index contributed by atoms with van der Waals surface area (Å²) >= 11 is 0. The van der Waals surface area contributed by atoms with Crippen LogP contribution in [0.2, 0.25) is 0 Å². The van der Waals surface area contributed by atoms with Gasteiger partial charge in [-0.2, -0.15) is 5.26 Å². The van der Waals surface area contributed by atoms with Crippen LogP contribution in [0.3, 0.4) is 0 Å². The number of hydrogen-bond acceptors (Lipinski definition) is 3. The van der Waals surface area contributed by atoms with Gasteiger partial charge in [0.2, 0.25) is 0 Å². The van der Waals surface area contributed by atoms with Crippen LogP contribution in [-0.2, 0) is 0 Å². The number of rotatable bonds is 5. The third kappa shape index (κ3) is 4.25. The first-order chi connectivity index (χ1) is 10.1. The summed E-state index contributed by atoms with van der Waals surface area (Å²) in [6, 6.07) is 17.4. The molecule has 2 rings (SSSR count). The Morgan fingerprint density at radius 3 is 1.76 bits per heavy atom. The number of ether oxygens (including phenoxy) is 2. The molecule has 0 radical (unpaired) electrons. The van der Waals surface area contributed by atoms with E-state index in [1.54, 1.807) is 19.1 Å². The Bertz CT molecular complexity index is 609. The Kier molecular flexibility index (Phi) is 4.84. The predicted octanol–water partition coefficient (Wildman–Crippen LogP) is 4.89. The van der Waals surface area contributed by atoms with E-state index < -0.39 is 6.10 Å². The van der Waals surface area contributed by atoms with Crippen molar-refractivity contribution < 1.29 is 9.47 Å². The van der Waals surface area contributed by atoms with E-state index in [4.69, 9.17) is 14.7 Å². The maximum Gasteiger partial charge on any atom is 0.181 e. The first-order valence-corrected chi connectivity index (χ1v) is 7.02. The minimum atomic E-state index is -0.458. The molecule has 2 aromatic carbocycles. The highest BCUT2D eigenvalue weighted by Gasteiger charge is 2.03. The van der Waals surface area contributed by atoms with Crippen LogP contribution in [0.4, 0.5) is 0 Å². The van der Waals surface area contributed by atoms with Crippen LogP contribution in [0.5, 0.6) is 17.2 Å². The molecule has 108 valence electrons. The van der Waals surface area contributed by atoms with Crippen LogP contribution in [-0.4, -0.2) is 6.10 Å². The third-order valence-electron chi connectivity index (χ3n) is 3.10. The van der Waals surface area contributed by atoms with Crippen LogP contribution in [0.25, 0.3) is 0 Å². The minimum Gasteiger partial charge on any atom is -0.476 e. The molecule has 0 fully saturated rings. The number of hydrogen-bond donors (Lipinski definition) is 0. The molecular formula is C18H19NO2. The summed E-state index contributed by atoms with van der Waals surface area (Å²) < 4.78 is 11.2. The molecule has 0 aliphatic heterocycles. The smallest absolute Gasteiger partial charge is 0.181 e. The van der Waals surface area contributed by atoms with Crippen molar-refractivity contribution in [3.63, 3.8) is 0 Å². The van der Waals surface area contributed by atoms with E-state index in [-0.39, 0.29) is 0 Å². The first kappa shape index (κ1) is 14.9. The summed E-state index contributed by atoms with van der Waals surface area (Å²) in [6.45, 7) is 6.04. The lowest BCUT2D eigenvalue weighted by molar-refractivity contribution is 0.276. The third-order valence-corrected chi connectivity index (χ3v) is 3.10. The van der Waals surface area contributed by atoms with Crippen molar-refractivity contribution in [3.05, 3.63) is 54.1 Å². The van der Waals surface area contributed by atoms with Crippen molar-refractivity contribution in [2.45, 2.75) is 32.8 Å². The van der Waals surface area contributed by atoms with Gasteiger partial charge in [0.25, 0.3) is 0 Å². The van der Waals surface area contributed by atoms with E-state index >= 15 is 0 Å². The van der Waals surface area contributed by atoms with E-state index in [0.717, 1.165) is 11.5 Å². The molecule has 0 aliphatic carbocycles. The molecule has 0 aromatic heterocycles. The van der Waals surface area contributed by atoms with Crippen molar-refractivity contribution in [1.82, 2.24) is 0 Å². The van der Waals surface area contributed by atoms with Crippen molar-refractivity contribution >= 4 is 0 Å². The number of nitrogens with zero attached hydrogens (tertiary/aromatic N) is 1. The largest absolute Gasteiger partial charge is 0.476 e. The molecule has 0 aliphatic rings. The van der Waals surface area contributed by atoms with Gasteiger partial charge in [0.1, 0.15) is 23.3 Å². The van der Waals surface area contributed by atoms with E-state index in [1.807, 2.05) is 30.3 Å². The van der Waals surface area contributed by atoms with Crippen LogP contribution < -0.4 is 9.47 Å². The van der Waals surface area contributed by atoms with Crippen molar-refractivity contribution in [2.24, 2.45) is 0 Å². The lowest BCUT2D eigenvalue weighted by Gasteiger charge is -2.10. The topological polar surface area (TPSA) is 42.2 Å². The van der Waals surface area contributed by atoms with Gasteiger partial charge in [-0.05, 0) is 54.8 Å². The quantitative estimate of drug-likeness (QED) is 0.783. The highest BCUT2D eigenvalue weighted by atomic mass is 16.5. The Hall–Kier alpha value is -2.47. The average molecular weight is 281 g/mol. The molecule has 1 atom stereocenters. The molecule has 3 heteroatoms. The molecule has 21 heavy (non-hydrogen) atoms. The summed E-state index contributed by atoms with van der Waals surface area (Å²) in [6.07, 6.45) is -0.458. The van der Waals surface area contributed by atoms with E-state index in [2.05, 4.69) is 26.0 Å². The van der Waals surface area contributed by atoms with Gasteiger partial charge in [0, 0.05) is 0 Å². The number of nitriles is 1. The molecule has 0 saturated carbocycles. The summed E-state index contributed by atoms with van der Waals surface area (Å²) in [7, 11) is 0. The molecule has 0 saturated heterocycles. The van der Waals surface area contributed by atoms with Gasteiger partial charge in [-0.15, -0.1) is 0 Å². The molecule has 0 heterocycles. The minimum absolute atomic E-state index is 0.458. The zero-order valence-electron chi connectivity index (χ0n) is 12.5. The predicted molar refractivity (Wildman–Crippen MR) is 82.8 cm³/mol. The second-order valence-electron chi connectivity index (χ2n) is 5.19. The van der Waals surface area contributed by atoms with Gasteiger partial charge in [0.05, 0.1) is 0 Å². The van der Waals surface area contributed by atoms with Gasteiger partial charge in [-0.25, -0.2) is 0 Å². The molecule has 3 nitrogen and oxygen atoms in total. The van der Waals surface area contributed by atoms with Crippen molar-refractivity contribution in [1.29, 1.82) is 5.26 Å². The van der Waals surface area contributed by atoms with Gasteiger partial charge >= 0.3 is 0 Å². The maximum atomic E-state index is 8.71. The Morgan fingerprint density at radius 2 is 1.29 bits per heavy atom. The molecule has 0 amide bonds. The lowest BCUT2D eigenvalue weighted by Crippen LogP contribution is -2.07. The molecule has 2 aromatic rings. The number of benzene rings is 2. The second-order valence-corrected chi connectivity index (χ2v) is 5.19. The van der Waals surface area contributed by atoms with Gasteiger partial charge in [-0.1, -0.05) is 26.0 Å². The normalized spacial score (nSPS) is 11.8. The fourth-order valence-corrected chi connectivity index (χ4v) is 1.87. The Morgan fingerprint density at radius 1 is 0.810 bits per heavy atom. The summed E-state index contributed by atoms with van der Waals surface area (Å²) in [5, 5.41) is 8.71. The lowest BCUT2D eigenvalue weighted by atomic mass is 10.0. The molecule has 1 unspecified atom stereocenters. The standard InChI is InChI=1S/C18H19NO2/c1-13(2)15-4-6-17(7-5-15)21-18-10-8-16(9-11-18)20-14(3)12-19/h4-11,13-14H,1-3H3. The van der Waals surface area contributed by atoms with E-state index in [0.29, 0.717) is 11.7 Å². The molecule has 0 bridgehead atoms. The zero-order chi connectivity index (χ0) is 15.2. The fraction of sp³-hybridized carbons (Fsp3) is 0.278. The van der Waals surface area contributed by atoms with Crippen LogP contribution in [0.1, 0.15) is 32.3 Å². The van der Waals surface area contributed by atoms with E-state index in [9.17, 15) is 0 Å². The van der Waals surface area contributed by atoms with E-state index in [1.165, 1.54) is 5.56 Å². The Labute approximate surface area is 125 Å². The van der Waals surface area contributed by atoms with Crippen LogP contribution >= 0.6 is 0 Å². The molecular weight excluding hydrogens is 262 g/mol. The van der Waals surface area contributed by atoms with Gasteiger partial charge in [-0.3, -0.25) is 0 Å². The molecule has 0 N–H and O–H groups in total. The van der Waals surface area contributed by atoms with Crippen molar-refractivity contribution in [3.8, 4) is 23.3 Å². The van der Waals surface area contributed by atoms with Gasteiger partial charge in [0.15, 0.2) is 6.10 Å². The van der Waals surface area contributed by atoms with Crippen LogP contribution in [0, 0.1) is 11.3 Å². The first-order valence-electron chi connectivity index (χ1n) is 7.02. The fourth-order valence-electron chi connectivity index (χ4n) is 1.87. The zero-order valence-corrected chi connectivity index (χ0v) is 12.5. The highest BCUT2D eigenvalue weighted by molar-refractivity contribution is 5.36. The average Bonchev–Trinajstić information content (AvgIpc) is 2.49. The van der Waals surface area contributed by atoms with Crippen molar-refractivity contribution in [2.75, 3.05) is 0 Å². The monoisotopic (exact) mass is 281 g/mol. The summed E-state index contributed by atoms with van der Waals surface area (Å²) in [5.41, 5.74) is 1.29. The maximum absolute atomic E-state index is 8.71. The highest BCUT2D eigenvalue weighted by Crippen LogP contribution is 2.25. The van der Waals surface area contributed by atoms with Gasteiger partial charge < -0.3 is 9.47 Å². The second kappa shape index (κ2) is 6.81. The summed E-state index contributed by atoms with van der Waals surface area (Å²) in [4.78, 5) is 0. The van der Waals surface area contributed by atoms with Crippen LogP contribution in [0.15, 0.2) is 48.5 Å².